The Labute approximate surface area is 115 Å². The SMILES string of the molecule is Cc1ccc(OCCSC(C)(C)C)c([C@H](C)O)c1. The lowest BCUT2D eigenvalue weighted by molar-refractivity contribution is 0.192. The summed E-state index contributed by atoms with van der Waals surface area (Å²) in [7, 11) is 0. The van der Waals surface area contributed by atoms with Crippen molar-refractivity contribution in [3.05, 3.63) is 29.3 Å². The lowest BCUT2D eigenvalue weighted by Crippen LogP contribution is -2.12. The summed E-state index contributed by atoms with van der Waals surface area (Å²) in [5.41, 5.74) is 2.01. The minimum absolute atomic E-state index is 0.268. The van der Waals surface area contributed by atoms with Crippen molar-refractivity contribution in [2.24, 2.45) is 0 Å². The van der Waals surface area contributed by atoms with Gasteiger partial charge in [-0.15, -0.1) is 0 Å². The van der Waals surface area contributed by atoms with Gasteiger partial charge in [0.2, 0.25) is 0 Å². The van der Waals surface area contributed by atoms with Gasteiger partial charge in [-0.05, 0) is 26.0 Å². The van der Waals surface area contributed by atoms with E-state index in [2.05, 4.69) is 20.8 Å². The van der Waals surface area contributed by atoms with Gasteiger partial charge in [-0.3, -0.25) is 0 Å². The number of benzene rings is 1. The van der Waals surface area contributed by atoms with Gasteiger partial charge in [0.1, 0.15) is 5.75 Å². The molecule has 18 heavy (non-hydrogen) atoms. The molecule has 0 aliphatic heterocycles. The van der Waals surface area contributed by atoms with Gasteiger partial charge in [0.25, 0.3) is 0 Å². The summed E-state index contributed by atoms with van der Waals surface area (Å²) in [5, 5.41) is 9.73. The minimum atomic E-state index is -0.491. The van der Waals surface area contributed by atoms with Gasteiger partial charge < -0.3 is 9.84 Å². The number of thioether (sulfide) groups is 1. The number of aryl methyl sites for hydroxylation is 1. The molecule has 0 fully saturated rings. The predicted molar refractivity (Wildman–Crippen MR) is 79.5 cm³/mol. The van der Waals surface area contributed by atoms with Crippen LogP contribution < -0.4 is 4.74 Å². The zero-order valence-electron chi connectivity index (χ0n) is 12.0. The molecule has 0 aliphatic carbocycles. The van der Waals surface area contributed by atoms with Gasteiger partial charge >= 0.3 is 0 Å². The quantitative estimate of drug-likeness (QED) is 0.820. The minimum Gasteiger partial charge on any atom is -0.492 e. The Morgan fingerprint density at radius 1 is 1.33 bits per heavy atom. The van der Waals surface area contributed by atoms with Crippen molar-refractivity contribution in [3.8, 4) is 5.75 Å². The third-order valence-electron chi connectivity index (χ3n) is 2.49. The lowest BCUT2D eigenvalue weighted by Gasteiger charge is -2.18. The first kappa shape index (κ1) is 15.4. The summed E-state index contributed by atoms with van der Waals surface area (Å²) in [6.45, 7) is 11.1. The first-order valence-electron chi connectivity index (χ1n) is 6.35. The molecular formula is C15H24O2S. The highest BCUT2D eigenvalue weighted by Gasteiger charge is 2.12. The first-order valence-corrected chi connectivity index (χ1v) is 7.33. The molecule has 2 nitrogen and oxygen atoms in total. The van der Waals surface area contributed by atoms with Crippen molar-refractivity contribution in [3.63, 3.8) is 0 Å². The molecule has 0 spiro atoms. The third-order valence-corrected chi connectivity index (χ3v) is 3.73. The standard InChI is InChI=1S/C15H24O2S/c1-11-6-7-14(13(10-11)12(2)16)17-8-9-18-15(3,4)5/h6-7,10,12,16H,8-9H2,1-5H3/t12-/m0/s1. The van der Waals surface area contributed by atoms with E-state index in [1.54, 1.807) is 6.92 Å². The van der Waals surface area contributed by atoms with Crippen molar-refractivity contribution in [2.45, 2.75) is 45.5 Å². The number of ether oxygens (including phenoxy) is 1. The normalized spacial score (nSPS) is 13.4. The van der Waals surface area contributed by atoms with E-state index in [0.29, 0.717) is 6.61 Å². The maximum atomic E-state index is 9.73. The van der Waals surface area contributed by atoms with Crippen LogP contribution in [0.3, 0.4) is 0 Å². The van der Waals surface area contributed by atoms with Gasteiger partial charge in [-0.2, -0.15) is 11.8 Å². The molecule has 0 heterocycles. The van der Waals surface area contributed by atoms with Gasteiger partial charge in [-0.25, -0.2) is 0 Å². The summed E-state index contributed by atoms with van der Waals surface area (Å²) in [4.78, 5) is 0. The average Bonchev–Trinajstić information content (AvgIpc) is 2.24. The molecule has 1 N–H and O–H groups in total. The summed E-state index contributed by atoms with van der Waals surface area (Å²) < 4.78 is 6.04. The van der Waals surface area contributed by atoms with E-state index in [0.717, 1.165) is 22.6 Å². The summed E-state index contributed by atoms with van der Waals surface area (Å²) in [5.74, 6) is 1.75. The molecule has 1 atom stereocenters. The second-order valence-corrected chi connectivity index (χ2v) is 7.45. The van der Waals surface area contributed by atoms with Crippen LogP contribution >= 0.6 is 11.8 Å². The number of aliphatic hydroxyl groups is 1. The molecular weight excluding hydrogens is 244 g/mol. The molecule has 1 rings (SSSR count). The zero-order valence-corrected chi connectivity index (χ0v) is 12.8. The molecule has 0 bridgehead atoms. The van der Waals surface area contributed by atoms with E-state index >= 15 is 0 Å². The molecule has 0 radical (unpaired) electrons. The van der Waals surface area contributed by atoms with Crippen LogP contribution in [0.2, 0.25) is 0 Å². The molecule has 0 saturated carbocycles. The van der Waals surface area contributed by atoms with E-state index in [1.807, 2.05) is 36.9 Å². The van der Waals surface area contributed by atoms with Crippen molar-refractivity contribution in [2.75, 3.05) is 12.4 Å². The maximum absolute atomic E-state index is 9.73. The number of aliphatic hydroxyl groups excluding tert-OH is 1. The average molecular weight is 268 g/mol. The Balaban J connectivity index is 2.57. The van der Waals surface area contributed by atoms with E-state index in [4.69, 9.17) is 4.74 Å². The van der Waals surface area contributed by atoms with Crippen LogP contribution in [0.25, 0.3) is 0 Å². The van der Waals surface area contributed by atoms with Crippen LogP contribution in [0.15, 0.2) is 18.2 Å². The summed E-state index contributed by atoms with van der Waals surface area (Å²) in [6.07, 6.45) is -0.491. The van der Waals surface area contributed by atoms with E-state index in [9.17, 15) is 5.11 Å². The largest absolute Gasteiger partial charge is 0.492 e. The van der Waals surface area contributed by atoms with Crippen molar-refractivity contribution in [1.29, 1.82) is 0 Å². The maximum Gasteiger partial charge on any atom is 0.125 e. The Morgan fingerprint density at radius 3 is 2.56 bits per heavy atom. The topological polar surface area (TPSA) is 29.5 Å². The summed E-state index contributed by atoms with van der Waals surface area (Å²) >= 11 is 1.88. The smallest absolute Gasteiger partial charge is 0.125 e. The first-order chi connectivity index (χ1) is 8.29. The highest BCUT2D eigenvalue weighted by Crippen LogP contribution is 2.27. The molecule has 0 unspecified atom stereocenters. The van der Waals surface area contributed by atoms with E-state index < -0.39 is 6.10 Å². The van der Waals surface area contributed by atoms with Crippen LogP contribution in [0.1, 0.15) is 44.9 Å². The third kappa shape index (κ3) is 5.32. The number of rotatable bonds is 5. The van der Waals surface area contributed by atoms with Crippen molar-refractivity contribution in [1.82, 2.24) is 0 Å². The monoisotopic (exact) mass is 268 g/mol. The van der Waals surface area contributed by atoms with Crippen LogP contribution in [0.4, 0.5) is 0 Å². The Morgan fingerprint density at radius 2 is 2.00 bits per heavy atom. The van der Waals surface area contributed by atoms with E-state index in [-0.39, 0.29) is 4.75 Å². The molecule has 3 heteroatoms. The van der Waals surface area contributed by atoms with Crippen molar-refractivity contribution < 1.29 is 9.84 Å². The van der Waals surface area contributed by atoms with Gasteiger partial charge in [0.05, 0.1) is 12.7 Å². The van der Waals surface area contributed by atoms with Crippen LogP contribution in [0, 0.1) is 6.92 Å². The Bertz CT molecular complexity index is 381. The number of hydrogen-bond acceptors (Lipinski definition) is 3. The fourth-order valence-corrected chi connectivity index (χ4v) is 2.40. The second-order valence-electron chi connectivity index (χ2n) is 5.53. The van der Waals surface area contributed by atoms with Gasteiger partial charge in [-0.1, -0.05) is 32.4 Å². The van der Waals surface area contributed by atoms with E-state index in [1.165, 1.54) is 0 Å². The molecule has 102 valence electrons. The summed E-state index contributed by atoms with van der Waals surface area (Å²) in [6, 6.07) is 5.94. The Hall–Kier alpha value is -0.670. The Kier molecular flexibility index (Phi) is 5.54. The molecule has 0 amide bonds. The van der Waals surface area contributed by atoms with Crippen LogP contribution in [0.5, 0.6) is 5.75 Å². The molecule has 0 aromatic heterocycles. The molecule has 0 saturated heterocycles. The predicted octanol–water partition coefficient (Wildman–Crippen LogP) is 3.96. The fourth-order valence-electron chi connectivity index (χ4n) is 1.63. The van der Waals surface area contributed by atoms with Crippen molar-refractivity contribution >= 4 is 11.8 Å². The highest BCUT2D eigenvalue weighted by atomic mass is 32.2. The zero-order chi connectivity index (χ0) is 13.8. The molecule has 1 aromatic rings. The molecule has 1 aromatic carbocycles. The van der Waals surface area contributed by atoms with Gasteiger partial charge in [0.15, 0.2) is 0 Å². The van der Waals surface area contributed by atoms with Crippen LogP contribution in [-0.4, -0.2) is 22.2 Å². The number of hydrogen-bond donors (Lipinski definition) is 1. The van der Waals surface area contributed by atoms with Crippen LogP contribution in [-0.2, 0) is 0 Å². The fraction of sp³-hybridized carbons (Fsp3) is 0.600. The second kappa shape index (κ2) is 6.48. The molecule has 0 aliphatic rings. The lowest BCUT2D eigenvalue weighted by atomic mass is 10.1. The van der Waals surface area contributed by atoms with Gasteiger partial charge in [0, 0.05) is 16.1 Å². The highest BCUT2D eigenvalue weighted by molar-refractivity contribution is 8.00.